The van der Waals surface area contributed by atoms with Crippen LogP contribution in [0.3, 0.4) is 0 Å². The minimum atomic E-state index is -0.608. The van der Waals surface area contributed by atoms with Gasteiger partial charge in [-0.05, 0) is 130 Å². The van der Waals surface area contributed by atoms with Crippen LogP contribution in [-0.4, -0.2) is 87.5 Å². The standard InChI is InChI=1S/C43H56N8O5/c1-6-51(7-2)24-23-44-40(53)34-17-15-31(16-18-34)35-10-8-9-30(25-35)26-36(41(54)46-37-21-19-33(20-22-37)39-47-49-50-48-39)27-38(52)32-13-11-29(12-14-32)28-45-42(55)56-43(3,4)5/h8-10,15-22,25,29,32,36H,6-7,11-14,23-24,26-28H2,1-5H3,(H,44,53)(H,45,55)(H,46,54)(H,47,48,49,50)/t29?,32?,36-/m1/s1. The first-order valence-electron chi connectivity index (χ1n) is 19.7. The van der Waals surface area contributed by atoms with E-state index in [1.807, 2.05) is 69.3 Å². The van der Waals surface area contributed by atoms with Gasteiger partial charge in [0.25, 0.3) is 5.91 Å². The molecule has 1 aliphatic carbocycles. The van der Waals surface area contributed by atoms with Gasteiger partial charge in [-0.1, -0.05) is 50.2 Å². The molecule has 0 radical (unpaired) electrons. The summed E-state index contributed by atoms with van der Waals surface area (Å²) in [6.07, 6.45) is 3.10. The van der Waals surface area contributed by atoms with Crippen molar-refractivity contribution in [1.82, 2.24) is 36.2 Å². The van der Waals surface area contributed by atoms with Gasteiger partial charge in [0.05, 0.1) is 0 Å². The summed E-state index contributed by atoms with van der Waals surface area (Å²) < 4.78 is 5.37. The number of carbonyl (C=O) groups is 4. The quantitative estimate of drug-likeness (QED) is 0.0914. The zero-order chi connectivity index (χ0) is 40.1. The summed E-state index contributed by atoms with van der Waals surface area (Å²) in [6.45, 7) is 13.5. The fraction of sp³-hybridized carbons (Fsp3) is 0.465. The summed E-state index contributed by atoms with van der Waals surface area (Å²) >= 11 is 0. The number of nitrogens with zero attached hydrogens (tertiary/aromatic N) is 4. The largest absolute Gasteiger partial charge is 0.444 e. The van der Waals surface area contributed by atoms with E-state index in [4.69, 9.17) is 4.74 Å². The van der Waals surface area contributed by atoms with E-state index < -0.39 is 17.6 Å². The highest BCUT2D eigenvalue weighted by Gasteiger charge is 2.31. The SMILES string of the molecule is CCN(CC)CCNC(=O)c1ccc(-c2cccc(C[C@H](CC(=O)C3CCC(CNC(=O)OC(C)(C)C)CC3)C(=O)Nc3ccc(-c4nn[nH]n4)cc3)c2)cc1. The number of ether oxygens (including phenoxy) is 1. The van der Waals surface area contributed by atoms with Gasteiger partial charge in [-0.3, -0.25) is 14.4 Å². The molecule has 1 atom stereocenters. The van der Waals surface area contributed by atoms with Gasteiger partial charge < -0.3 is 25.6 Å². The number of amides is 3. The molecule has 13 nitrogen and oxygen atoms in total. The number of rotatable bonds is 17. The average Bonchev–Trinajstić information content (AvgIpc) is 3.74. The van der Waals surface area contributed by atoms with E-state index in [0.29, 0.717) is 49.4 Å². The van der Waals surface area contributed by atoms with Crippen LogP contribution in [-0.2, 0) is 20.7 Å². The van der Waals surface area contributed by atoms with Crippen molar-refractivity contribution in [2.24, 2.45) is 17.8 Å². The van der Waals surface area contributed by atoms with Crippen molar-refractivity contribution in [3.05, 3.63) is 83.9 Å². The van der Waals surface area contributed by atoms with E-state index in [0.717, 1.165) is 54.7 Å². The molecule has 1 heterocycles. The smallest absolute Gasteiger partial charge is 0.407 e. The lowest BCUT2D eigenvalue weighted by Crippen LogP contribution is -2.37. The molecule has 0 spiro atoms. The Morgan fingerprint density at radius 1 is 0.875 bits per heavy atom. The Labute approximate surface area is 329 Å². The van der Waals surface area contributed by atoms with Crippen LogP contribution in [0.4, 0.5) is 10.5 Å². The Morgan fingerprint density at radius 3 is 2.21 bits per heavy atom. The van der Waals surface area contributed by atoms with Gasteiger partial charge in [0.2, 0.25) is 11.7 Å². The number of ketones is 1. The summed E-state index contributed by atoms with van der Waals surface area (Å²) in [5.74, 6) is -0.289. The number of Topliss-reactive ketones (excluding diaryl/α,β-unsaturated/α-hetero) is 1. The number of aromatic nitrogens is 4. The number of benzene rings is 3. The van der Waals surface area contributed by atoms with Gasteiger partial charge in [-0.2, -0.15) is 5.21 Å². The van der Waals surface area contributed by atoms with Crippen molar-refractivity contribution in [2.45, 2.75) is 78.7 Å². The van der Waals surface area contributed by atoms with Crippen LogP contribution < -0.4 is 16.0 Å². The van der Waals surface area contributed by atoms with Crippen LogP contribution >= 0.6 is 0 Å². The minimum Gasteiger partial charge on any atom is -0.444 e. The summed E-state index contributed by atoms with van der Waals surface area (Å²) in [5, 5.41) is 23.0. The molecule has 1 fully saturated rings. The van der Waals surface area contributed by atoms with E-state index in [1.54, 1.807) is 24.3 Å². The van der Waals surface area contributed by atoms with Crippen molar-refractivity contribution in [3.63, 3.8) is 0 Å². The van der Waals surface area contributed by atoms with Gasteiger partial charge in [-0.15, -0.1) is 10.2 Å². The molecule has 1 saturated carbocycles. The van der Waals surface area contributed by atoms with Crippen molar-refractivity contribution in [1.29, 1.82) is 0 Å². The highest BCUT2D eigenvalue weighted by molar-refractivity contribution is 5.96. The lowest BCUT2D eigenvalue weighted by Gasteiger charge is -2.29. The number of alkyl carbamates (subject to hydrolysis) is 1. The van der Waals surface area contributed by atoms with E-state index in [2.05, 4.69) is 55.3 Å². The maximum absolute atomic E-state index is 14.0. The predicted molar refractivity (Wildman–Crippen MR) is 217 cm³/mol. The molecule has 5 rings (SSSR count). The van der Waals surface area contributed by atoms with Crippen LogP contribution in [0.1, 0.15) is 82.6 Å². The summed E-state index contributed by atoms with van der Waals surface area (Å²) in [5.41, 5.74) is 4.22. The number of nitrogens with one attached hydrogen (secondary N) is 4. The maximum Gasteiger partial charge on any atom is 0.407 e. The zero-order valence-corrected chi connectivity index (χ0v) is 33.3. The van der Waals surface area contributed by atoms with Crippen LogP contribution in [0.5, 0.6) is 0 Å². The molecule has 0 saturated heterocycles. The van der Waals surface area contributed by atoms with Crippen LogP contribution in [0.2, 0.25) is 0 Å². The number of hydrogen-bond donors (Lipinski definition) is 4. The first-order chi connectivity index (χ1) is 26.9. The number of aromatic amines is 1. The van der Waals surface area contributed by atoms with Gasteiger partial charge >= 0.3 is 6.09 Å². The lowest BCUT2D eigenvalue weighted by atomic mass is 9.77. The van der Waals surface area contributed by atoms with Gasteiger partial charge in [0, 0.05) is 54.7 Å². The maximum atomic E-state index is 14.0. The molecule has 1 aliphatic rings. The number of H-pyrrole nitrogens is 1. The summed E-state index contributed by atoms with van der Waals surface area (Å²) in [7, 11) is 0. The molecule has 13 heteroatoms. The molecular formula is C43H56N8O5. The predicted octanol–water partition coefficient (Wildman–Crippen LogP) is 6.69. The molecule has 0 aliphatic heterocycles. The van der Waals surface area contributed by atoms with Crippen LogP contribution in [0, 0.1) is 17.8 Å². The summed E-state index contributed by atoms with van der Waals surface area (Å²) in [4.78, 5) is 55.0. The normalized spacial score (nSPS) is 16.2. The lowest BCUT2D eigenvalue weighted by molar-refractivity contribution is -0.129. The second kappa shape index (κ2) is 19.9. The number of hydrogen-bond acceptors (Lipinski definition) is 9. The van der Waals surface area contributed by atoms with Crippen molar-refractivity contribution < 1.29 is 23.9 Å². The fourth-order valence-corrected chi connectivity index (χ4v) is 7.07. The molecule has 3 amide bonds. The number of tetrazole rings is 1. The molecule has 1 aromatic heterocycles. The molecule has 56 heavy (non-hydrogen) atoms. The Bertz CT molecular complexity index is 1880. The van der Waals surface area contributed by atoms with E-state index in [-0.39, 0.29) is 35.9 Å². The second-order valence-corrected chi connectivity index (χ2v) is 15.5. The number of likely N-dealkylation sites (N-methyl/N-ethyl adjacent to an activating group) is 1. The third-order valence-electron chi connectivity index (χ3n) is 10.3. The fourth-order valence-electron chi connectivity index (χ4n) is 7.07. The highest BCUT2D eigenvalue weighted by Crippen LogP contribution is 2.32. The monoisotopic (exact) mass is 764 g/mol. The van der Waals surface area contributed by atoms with Crippen LogP contribution in [0.15, 0.2) is 72.8 Å². The molecule has 4 aromatic rings. The van der Waals surface area contributed by atoms with E-state index in [9.17, 15) is 19.2 Å². The van der Waals surface area contributed by atoms with Crippen molar-refractivity contribution in [3.8, 4) is 22.5 Å². The van der Waals surface area contributed by atoms with Gasteiger partial charge in [0.1, 0.15) is 11.4 Å². The van der Waals surface area contributed by atoms with Gasteiger partial charge in [0.15, 0.2) is 0 Å². The molecule has 3 aromatic carbocycles. The summed E-state index contributed by atoms with van der Waals surface area (Å²) in [6, 6.07) is 22.7. The second-order valence-electron chi connectivity index (χ2n) is 15.5. The van der Waals surface area contributed by atoms with E-state index in [1.165, 1.54) is 0 Å². The van der Waals surface area contributed by atoms with Crippen LogP contribution in [0.25, 0.3) is 22.5 Å². The first kappa shape index (κ1) is 41.7. The zero-order valence-electron chi connectivity index (χ0n) is 33.3. The Balaban J connectivity index is 1.24. The molecule has 0 bridgehead atoms. The van der Waals surface area contributed by atoms with Gasteiger partial charge in [-0.25, -0.2) is 4.79 Å². The third kappa shape index (κ3) is 12.6. The Hall–Kier alpha value is -5.43. The molecule has 4 N–H and O–H groups in total. The minimum absolute atomic E-state index is 0.0817. The van der Waals surface area contributed by atoms with Crippen molar-refractivity contribution >= 4 is 29.4 Å². The Kier molecular flexibility index (Phi) is 14.9. The van der Waals surface area contributed by atoms with Crippen molar-refractivity contribution in [2.75, 3.05) is 38.0 Å². The average molecular weight is 765 g/mol. The molecule has 298 valence electrons. The number of carbonyl (C=O) groups excluding carboxylic acids is 4. The van der Waals surface area contributed by atoms with E-state index >= 15 is 0 Å². The molecule has 0 unspecified atom stereocenters. The Morgan fingerprint density at radius 2 is 1.57 bits per heavy atom. The number of anilines is 1. The molecular weight excluding hydrogens is 709 g/mol. The third-order valence-corrected chi connectivity index (χ3v) is 10.3. The highest BCUT2D eigenvalue weighted by atomic mass is 16.6. The topological polar surface area (TPSA) is 171 Å². The first-order valence-corrected chi connectivity index (χ1v) is 19.7.